The first-order valence-corrected chi connectivity index (χ1v) is 11.0. The van der Waals surface area contributed by atoms with Crippen molar-refractivity contribution in [2.75, 3.05) is 13.2 Å². The predicted octanol–water partition coefficient (Wildman–Crippen LogP) is 4.89. The van der Waals surface area contributed by atoms with Crippen molar-refractivity contribution in [2.24, 2.45) is 0 Å². The van der Waals surface area contributed by atoms with Crippen LogP contribution in [0.4, 0.5) is 4.39 Å². The molecule has 0 atom stereocenters. The molecule has 0 saturated heterocycles. The van der Waals surface area contributed by atoms with Gasteiger partial charge in [-0.3, -0.25) is 4.79 Å². The first-order chi connectivity index (χ1) is 17.0. The van der Waals surface area contributed by atoms with Crippen LogP contribution in [0.3, 0.4) is 0 Å². The molecule has 0 unspecified atom stereocenters. The molecule has 0 amide bonds. The van der Waals surface area contributed by atoms with Crippen molar-refractivity contribution in [1.82, 2.24) is 4.57 Å². The van der Waals surface area contributed by atoms with E-state index < -0.39 is 0 Å². The SMILES string of the molecule is Cc1c(Cc2ccccc2)c(=O)n(Cc2ccc(F)cc2)c2cc(OCC#N)cc(OCC#N)c12. The highest BCUT2D eigenvalue weighted by Crippen LogP contribution is 2.35. The third-order valence-corrected chi connectivity index (χ3v) is 5.75. The van der Waals surface area contributed by atoms with Crippen LogP contribution < -0.4 is 15.0 Å². The number of nitriles is 2. The second kappa shape index (κ2) is 10.5. The van der Waals surface area contributed by atoms with E-state index in [0.29, 0.717) is 34.4 Å². The lowest BCUT2D eigenvalue weighted by Gasteiger charge is -2.20. The molecule has 0 N–H and O–H groups in total. The minimum absolute atomic E-state index is 0.184. The lowest BCUT2D eigenvalue weighted by Crippen LogP contribution is -2.26. The van der Waals surface area contributed by atoms with Crippen molar-refractivity contribution in [3.8, 4) is 23.6 Å². The van der Waals surface area contributed by atoms with Gasteiger partial charge in [-0.1, -0.05) is 42.5 Å². The van der Waals surface area contributed by atoms with Crippen LogP contribution in [-0.2, 0) is 13.0 Å². The van der Waals surface area contributed by atoms with Gasteiger partial charge in [0.15, 0.2) is 13.2 Å². The number of halogens is 1. The third kappa shape index (κ3) is 5.15. The topological polar surface area (TPSA) is 88.0 Å². The number of rotatable bonds is 8. The molecule has 0 aliphatic heterocycles. The number of benzene rings is 3. The molecule has 1 aromatic heterocycles. The molecule has 0 spiro atoms. The molecular formula is C28H22FN3O3. The summed E-state index contributed by atoms with van der Waals surface area (Å²) in [5.74, 6) is 0.366. The summed E-state index contributed by atoms with van der Waals surface area (Å²) in [5.41, 5.74) is 3.41. The van der Waals surface area contributed by atoms with Crippen LogP contribution in [0.1, 0.15) is 22.3 Å². The minimum atomic E-state index is -0.362. The van der Waals surface area contributed by atoms with Crippen molar-refractivity contribution in [2.45, 2.75) is 19.9 Å². The van der Waals surface area contributed by atoms with Crippen molar-refractivity contribution in [3.05, 3.63) is 105 Å². The summed E-state index contributed by atoms with van der Waals surface area (Å²) in [6.07, 6.45) is 0.412. The Morgan fingerprint density at radius 3 is 2.29 bits per heavy atom. The van der Waals surface area contributed by atoms with Crippen LogP contribution in [0.5, 0.6) is 11.5 Å². The van der Waals surface area contributed by atoms with Gasteiger partial charge in [-0.2, -0.15) is 10.5 Å². The fourth-order valence-corrected chi connectivity index (χ4v) is 4.11. The van der Waals surface area contributed by atoms with E-state index >= 15 is 0 Å². The molecule has 0 fully saturated rings. The van der Waals surface area contributed by atoms with E-state index in [1.807, 2.05) is 49.4 Å². The van der Waals surface area contributed by atoms with E-state index in [2.05, 4.69) is 0 Å². The Labute approximate surface area is 202 Å². The molecule has 0 saturated carbocycles. The van der Waals surface area contributed by atoms with Crippen LogP contribution in [0.15, 0.2) is 71.5 Å². The standard InChI is InChI=1S/C28H22FN3O3/c1-19-24(15-20-5-3-2-4-6-20)28(33)32(18-21-7-9-22(29)10-8-21)25-16-23(34-13-11-30)17-26(27(19)25)35-14-12-31/h2-10,16-17H,13-15,18H2,1H3. The molecule has 7 heteroatoms. The summed E-state index contributed by atoms with van der Waals surface area (Å²) in [6.45, 7) is 1.67. The summed E-state index contributed by atoms with van der Waals surface area (Å²) >= 11 is 0. The largest absolute Gasteiger partial charge is 0.479 e. The quantitative estimate of drug-likeness (QED) is 0.368. The minimum Gasteiger partial charge on any atom is -0.479 e. The second-order valence-corrected chi connectivity index (χ2v) is 7.99. The lowest BCUT2D eigenvalue weighted by atomic mass is 9.97. The summed E-state index contributed by atoms with van der Waals surface area (Å²) in [6, 6.07) is 22.9. The smallest absolute Gasteiger partial charge is 0.255 e. The zero-order chi connectivity index (χ0) is 24.8. The van der Waals surface area contributed by atoms with E-state index in [9.17, 15) is 9.18 Å². The average Bonchev–Trinajstić information content (AvgIpc) is 2.88. The number of aromatic nitrogens is 1. The maximum Gasteiger partial charge on any atom is 0.255 e. The van der Waals surface area contributed by atoms with Crippen molar-refractivity contribution in [3.63, 3.8) is 0 Å². The second-order valence-electron chi connectivity index (χ2n) is 7.99. The van der Waals surface area contributed by atoms with Crippen LogP contribution in [0, 0.1) is 35.4 Å². The lowest BCUT2D eigenvalue weighted by molar-refractivity contribution is 0.352. The highest BCUT2D eigenvalue weighted by Gasteiger charge is 2.20. The molecule has 4 aromatic rings. The highest BCUT2D eigenvalue weighted by atomic mass is 19.1. The maximum absolute atomic E-state index is 13.8. The number of aryl methyl sites for hydroxylation is 1. The van der Waals surface area contributed by atoms with Gasteiger partial charge in [-0.25, -0.2) is 4.39 Å². The molecule has 4 rings (SSSR count). The van der Waals surface area contributed by atoms with Crippen LogP contribution in [0.25, 0.3) is 10.9 Å². The highest BCUT2D eigenvalue weighted by molar-refractivity contribution is 5.91. The number of nitrogens with zero attached hydrogens (tertiary/aromatic N) is 3. The van der Waals surface area contributed by atoms with Crippen LogP contribution in [0.2, 0.25) is 0 Å². The van der Waals surface area contributed by atoms with E-state index in [4.69, 9.17) is 20.0 Å². The molecule has 0 bridgehead atoms. The molecular weight excluding hydrogens is 445 g/mol. The van der Waals surface area contributed by atoms with E-state index in [-0.39, 0.29) is 31.1 Å². The Balaban J connectivity index is 1.99. The van der Waals surface area contributed by atoms with Gasteiger partial charge in [-0.05, 0) is 35.7 Å². The number of pyridine rings is 1. The van der Waals surface area contributed by atoms with Gasteiger partial charge >= 0.3 is 0 Å². The van der Waals surface area contributed by atoms with Gasteiger partial charge in [0.1, 0.15) is 29.5 Å². The van der Waals surface area contributed by atoms with Crippen molar-refractivity contribution < 1.29 is 13.9 Å². The summed E-state index contributed by atoms with van der Waals surface area (Å²) in [4.78, 5) is 13.8. The first kappa shape index (κ1) is 23.5. The fraction of sp³-hybridized carbons (Fsp3) is 0.179. The zero-order valence-corrected chi connectivity index (χ0v) is 19.1. The average molecular weight is 468 g/mol. The Morgan fingerprint density at radius 2 is 1.60 bits per heavy atom. The van der Waals surface area contributed by atoms with E-state index in [1.54, 1.807) is 28.8 Å². The molecule has 1 heterocycles. The van der Waals surface area contributed by atoms with E-state index in [1.165, 1.54) is 12.1 Å². The zero-order valence-electron chi connectivity index (χ0n) is 19.1. The van der Waals surface area contributed by atoms with Crippen molar-refractivity contribution >= 4 is 10.9 Å². The monoisotopic (exact) mass is 467 g/mol. The Kier molecular flexibility index (Phi) is 7.09. The number of ether oxygens (including phenoxy) is 2. The molecule has 3 aromatic carbocycles. The number of hydrogen-bond donors (Lipinski definition) is 0. The molecule has 174 valence electrons. The van der Waals surface area contributed by atoms with Gasteiger partial charge in [0.25, 0.3) is 5.56 Å². The van der Waals surface area contributed by atoms with Gasteiger partial charge in [0.05, 0.1) is 12.1 Å². The summed E-state index contributed by atoms with van der Waals surface area (Å²) < 4.78 is 26.4. The number of fused-ring (bicyclic) bond motifs is 1. The van der Waals surface area contributed by atoms with Gasteiger partial charge in [-0.15, -0.1) is 0 Å². The Hall–Kier alpha value is -4.62. The summed E-state index contributed by atoms with van der Waals surface area (Å²) in [5, 5.41) is 18.7. The number of hydrogen-bond acceptors (Lipinski definition) is 5. The Morgan fingerprint density at radius 1 is 0.914 bits per heavy atom. The van der Waals surface area contributed by atoms with E-state index in [0.717, 1.165) is 16.7 Å². The van der Waals surface area contributed by atoms with Gasteiger partial charge in [0, 0.05) is 29.5 Å². The summed E-state index contributed by atoms with van der Waals surface area (Å²) in [7, 11) is 0. The Bertz CT molecular complexity index is 1500. The maximum atomic E-state index is 13.8. The molecule has 0 radical (unpaired) electrons. The predicted molar refractivity (Wildman–Crippen MR) is 130 cm³/mol. The van der Waals surface area contributed by atoms with Gasteiger partial charge < -0.3 is 14.0 Å². The molecule has 0 aliphatic rings. The third-order valence-electron chi connectivity index (χ3n) is 5.75. The first-order valence-electron chi connectivity index (χ1n) is 11.0. The normalized spacial score (nSPS) is 10.5. The van der Waals surface area contributed by atoms with Crippen LogP contribution >= 0.6 is 0 Å². The molecule has 6 nitrogen and oxygen atoms in total. The van der Waals surface area contributed by atoms with Crippen molar-refractivity contribution in [1.29, 1.82) is 10.5 Å². The molecule has 0 aliphatic carbocycles. The fourth-order valence-electron chi connectivity index (χ4n) is 4.11. The molecule has 35 heavy (non-hydrogen) atoms. The van der Waals surface area contributed by atoms with Gasteiger partial charge in [0.2, 0.25) is 0 Å². The van der Waals surface area contributed by atoms with Crippen LogP contribution in [-0.4, -0.2) is 17.8 Å².